The number of benzene rings is 3. The monoisotopic (exact) mass is 406 g/mol. The van der Waals surface area contributed by atoms with Gasteiger partial charge in [-0.1, -0.05) is 35.6 Å². The lowest BCUT2D eigenvalue weighted by atomic mass is 10.1. The third kappa shape index (κ3) is 3.77. The van der Waals surface area contributed by atoms with E-state index < -0.39 is 0 Å². The molecule has 0 aliphatic carbocycles. The van der Waals surface area contributed by atoms with Crippen molar-refractivity contribution in [1.29, 1.82) is 0 Å². The van der Waals surface area contributed by atoms with Gasteiger partial charge in [-0.25, -0.2) is 9.78 Å². The van der Waals surface area contributed by atoms with Gasteiger partial charge in [0.05, 0.1) is 35.1 Å². The number of rotatable bonds is 5. The summed E-state index contributed by atoms with van der Waals surface area (Å²) in [5.41, 5.74) is 1.58. The van der Waals surface area contributed by atoms with Gasteiger partial charge in [0.1, 0.15) is 5.75 Å². The summed E-state index contributed by atoms with van der Waals surface area (Å²) in [5, 5.41) is 5.22. The largest absolute Gasteiger partial charge is 0.496 e. The van der Waals surface area contributed by atoms with Crippen molar-refractivity contribution in [2.45, 2.75) is 6.92 Å². The predicted octanol–water partition coefficient (Wildman–Crippen LogP) is 4.89. The quantitative estimate of drug-likeness (QED) is 0.478. The number of hydrogen-bond acceptors (Lipinski definition) is 6. The fourth-order valence-corrected chi connectivity index (χ4v) is 3.95. The number of amides is 1. The van der Waals surface area contributed by atoms with Crippen molar-refractivity contribution in [3.63, 3.8) is 0 Å². The van der Waals surface area contributed by atoms with E-state index in [0.717, 1.165) is 15.5 Å². The molecule has 1 N–H and O–H groups in total. The van der Waals surface area contributed by atoms with Crippen LogP contribution in [0.1, 0.15) is 27.6 Å². The minimum atomic E-state index is -0.380. The maximum absolute atomic E-state index is 12.9. The first kappa shape index (κ1) is 18.9. The average molecular weight is 406 g/mol. The van der Waals surface area contributed by atoms with E-state index >= 15 is 0 Å². The van der Waals surface area contributed by atoms with E-state index in [1.54, 1.807) is 31.2 Å². The summed E-state index contributed by atoms with van der Waals surface area (Å²) in [4.78, 5) is 29.2. The van der Waals surface area contributed by atoms with Gasteiger partial charge in [-0.2, -0.15) is 0 Å². The van der Waals surface area contributed by atoms with Gasteiger partial charge in [0.2, 0.25) is 0 Å². The molecule has 0 aliphatic rings. The summed E-state index contributed by atoms with van der Waals surface area (Å²) >= 11 is 1.30. The Morgan fingerprint density at radius 2 is 1.83 bits per heavy atom. The Balaban J connectivity index is 1.63. The lowest BCUT2D eigenvalue weighted by Gasteiger charge is -2.09. The Bertz CT molecular complexity index is 1230. The van der Waals surface area contributed by atoms with Crippen LogP contribution in [0.25, 0.3) is 21.0 Å². The van der Waals surface area contributed by atoms with Crippen molar-refractivity contribution in [3.05, 3.63) is 65.7 Å². The fraction of sp³-hybridized carbons (Fsp3) is 0.136. The number of anilines is 1. The van der Waals surface area contributed by atoms with Gasteiger partial charge in [-0.05, 0) is 48.0 Å². The number of methoxy groups -OCH3 is 1. The zero-order chi connectivity index (χ0) is 20.4. The summed E-state index contributed by atoms with van der Waals surface area (Å²) in [7, 11) is 1.54. The second-order valence-electron chi connectivity index (χ2n) is 6.28. The molecule has 0 radical (unpaired) electrons. The number of nitrogens with one attached hydrogen (secondary N) is 1. The van der Waals surface area contributed by atoms with E-state index in [-0.39, 0.29) is 11.9 Å². The molecule has 1 amide bonds. The molecule has 0 aliphatic heterocycles. The third-order valence-corrected chi connectivity index (χ3v) is 5.37. The molecule has 0 unspecified atom stereocenters. The highest BCUT2D eigenvalue weighted by Gasteiger charge is 2.16. The molecule has 0 saturated carbocycles. The van der Waals surface area contributed by atoms with Crippen molar-refractivity contribution in [2.75, 3.05) is 19.0 Å². The smallest absolute Gasteiger partial charge is 0.338 e. The average Bonchev–Trinajstić information content (AvgIpc) is 3.14. The molecule has 0 fully saturated rings. The molecule has 6 nitrogen and oxygen atoms in total. The van der Waals surface area contributed by atoms with Gasteiger partial charge < -0.3 is 9.47 Å². The van der Waals surface area contributed by atoms with Crippen LogP contribution in [0, 0.1) is 0 Å². The van der Waals surface area contributed by atoms with Gasteiger partial charge in [0.15, 0.2) is 5.13 Å². The lowest BCUT2D eigenvalue weighted by Crippen LogP contribution is -2.13. The molecular weight excluding hydrogens is 388 g/mol. The summed E-state index contributed by atoms with van der Waals surface area (Å²) in [6.45, 7) is 2.08. The molecule has 0 atom stereocenters. The van der Waals surface area contributed by atoms with Crippen LogP contribution >= 0.6 is 11.3 Å². The van der Waals surface area contributed by atoms with E-state index in [1.165, 1.54) is 18.4 Å². The molecule has 3 aromatic carbocycles. The number of carbonyl (C=O) groups is 2. The number of esters is 1. The first-order chi connectivity index (χ1) is 14.1. The first-order valence-corrected chi connectivity index (χ1v) is 9.86. The molecule has 29 heavy (non-hydrogen) atoms. The van der Waals surface area contributed by atoms with Gasteiger partial charge in [0, 0.05) is 0 Å². The molecule has 0 saturated heterocycles. The normalized spacial score (nSPS) is 10.8. The maximum atomic E-state index is 12.9. The van der Waals surface area contributed by atoms with Gasteiger partial charge >= 0.3 is 5.97 Å². The Morgan fingerprint density at radius 3 is 2.55 bits per heavy atom. The number of ether oxygens (including phenoxy) is 2. The molecule has 0 spiro atoms. The van der Waals surface area contributed by atoms with Gasteiger partial charge in [-0.15, -0.1) is 0 Å². The molecule has 0 bridgehead atoms. The molecule has 7 heteroatoms. The molecule has 146 valence electrons. The number of carbonyl (C=O) groups excluding carboxylic acids is 2. The Morgan fingerprint density at radius 1 is 1.07 bits per heavy atom. The number of nitrogens with zero attached hydrogens (tertiary/aromatic N) is 1. The van der Waals surface area contributed by atoms with E-state index in [1.807, 2.05) is 30.3 Å². The van der Waals surface area contributed by atoms with Crippen LogP contribution in [0.2, 0.25) is 0 Å². The van der Waals surface area contributed by atoms with Crippen LogP contribution in [0.5, 0.6) is 5.75 Å². The minimum absolute atomic E-state index is 0.308. The molecule has 4 aromatic rings. The van der Waals surface area contributed by atoms with Crippen LogP contribution in [0.4, 0.5) is 5.13 Å². The van der Waals surface area contributed by atoms with Crippen LogP contribution in [0.3, 0.4) is 0 Å². The van der Waals surface area contributed by atoms with E-state index in [4.69, 9.17) is 9.47 Å². The minimum Gasteiger partial charge on any atom is -0.496 e. The van der Waals surface area contributed by atoms with Crippen LogP contribution in [-0.4, -0.2) is 30.6 Å². The zero-order valence-electron chi connectivity index (χ0n) is 15.9. The number of thiazole rings is 1. The summed E-state index contributed by atoms with van der Waals surface area (Å²) < 4.78 is 11.2. The van der Waals surface area contributed by atoms with E-state index in [9.17, 15) is 9.59 Å². The van der Waals surface area contributed by atoms with Gasteiger partial charge in [-0.3, -0.25) is 10.1 Å². The fourth-order valence-electron chi connectivity index (χ4n) is 3.05. The molecular formula is C22H18N2O4S. The highest BCUT2D eigenvalue weighted by atomic mass is 32.1. The number of aromatic nitrogens is 1. The number of hydrogen-bond donors (Lipinski definition) is 1. The third-order valence-electron chi connectivity index (χ3n) is 4.43. The number of fused-ring (bicyclic) bond motifs is 2. The molecule has 1 heterocycles. The Hall–Kier alpha value is -3.45. The molecule has 1 aromatic heterocycles. The van der Waals surface area contributed by atoms with Crippen LogP contribution in [-0.2, 0) is 4.74 Å². The first-order valence-electron chi connectivity index (χ1n) is 9.05. The topological polar surface area (TPSA) is 77.5 Å². The summed E-state index contributed by atoms with van der Waals surface area (Å²) in [5.74, 6) is -0.196. The Labute approximate surface area is 171 Å². The molecule has 4 rings (SSSR count). The van der Waals surface area contributed by atoms with E-state index in [0.29, 0.717) is 34.1 Å². The van der Waals surface area contributed by atoms with Crippen molar-refractivity contribution in [3.8, 4) is 5.75 Å². The SMILES string of the molecule is CCOC(=O)c1ccc2nc(NC(=O)c3cc4ccccc4cc3OC)sc2c1. The van der Waals surface area contributed by atoms with Gasteiger partial charge in [0.25, 0.3) is 5.91 Å². The van der Waals surface area contributed by atoms with Crippen molar-refractivity contribution in [1.82, 2.24) is 4.98 Å². The van der Waals surface area contributed by atoms with Crippen LogP contribution < -0.4 is 10.1 Å². The highest BCUT2D eigenvalue weighted by molar-refractivity contribution is 7.22. The van der Waals surface area contributed by atoms with Crippen molar-refractivity contribution >= 4 is 49.3 Å². The standard InChI is InChI=1S/C22H18N2O4S/c1-3-28-21(26)15-8-9-17-19(12-15)29-22(23-17)24-20(25)16-10-13-6-4-5-7-14(13)11-18(16)27-2/h4-12H,3H2,1-2H3,(H,23,24,25). The van der Waals surface area contributed by atoms with Crippen LogP contribution in [0.15, 0.2) is 54.6 Å². The predicted molar refractivity (Wildman–Crippen MR) is 114 cm³/mol. The Kier molecular flexibility index (Phi) is 5.14. The maximum Gasteiger partial charge on any atom is 0.338 e. The van der Waals surface area contributed by atoms with E-state index in [2.05, 4.69) is 10.3 Å². The van der Waals surface area contributed by atoms with Crippen molar-refractivity contribution in [2.24, 2.45) is 0 Å². The summed E-state index contributed by atoms with van der Waals surface area (Å²) in [6, 6.07) is 16.5. The second kappa shape index (κ2) is 7.89. The summed E-state index contributed by atoms with van der Waals surface area (Å²) in [6.07, 6.45) is 0. The highest BCUT2D eigenvalue weighted by Crippen LogP contribution is 2.30. The second-order valence-corrected chi connectivity index (χ2v) is 7.31. The lowest BCUT2D eigenvalue weighted by molar-refractivity contribution is 0.0526. The van der Waals surface area contributed by atoms with Crippen molar-refractivity contribution < 1.29 is 19.1 Å². The zero-order valence-corrected chi connectivity index (χ0v) is 16.7.